The molecular weight excluding hydrogens is 194 g/mol. The van der Waals surface area contributed by atoms with Crippen LogP contribution in [0.1, 0.15) is 24.6 Å². The van der Waals surface area contributed by atoms with Crippen LogP contribution in [0.2, 0.25) is 0 Å². The molecule has 1 saturated carbocycles. The van der Waals surface area contributed by atoms with Gasteiger partial charge >= 0.3 is 6.09 Å². The van der Waals surface area contributed by atoms with Crippen LogP contribution >= 0.6 is 0 Å². The Morgan fingerprint density at radius 2 is 2.43 bits per heavy atom. The van der Waals surface area contributed by atoms with Gasteiger partial charge in [-0.25, -0.2) is 23.1 Å². The molecule has 0 saturated heterocycles. The van der Waals surface area contributed by atoms with Gasteiger partial charge in [-0.1, -0.05) is 0 Å². The van der Waals surface area contributed by atoms with Gasteiger partial charge in [0.05, 0.1) is 5.92 Å². The summed E-state index contributed by atoms with van der Waals surface area (Å²) >= 11 is 0. The van der Waals surface area contributed by atoms with Crippen molar-refractivity contribution in [3.63, 3.8) is 0 Å². The van der Waals surface area contributed by atoms with E-state index < -0.39 is 17.9 Å². The molecule has 1 unspecified atom stereocenters. The van der Waals surface area contributed by atoms with Gasteiger partial charge in [0.25, 0.3) is 5.92 Å². The van der Waals surface area contributed by atoms with Gasteiger partial charge in [0.2, 0.25) is 0 Å². The molecule has 0 aliphatic heterocycles. The van der Waals surface area contributed by atoms with Gasteiger partial charge in [-0.3, -0.25) is 0 Å². The Kier molecular flexibility index (Phi) is 1.80. The molecule has 1 heterocycles. The number of nitrogens with zero attached hydrogens (tertiary/aromatic N) is 2. The molecule has 1 aromatic rings. The molecule has 14 heavy (non-hydrogen) atoms. The van der Waals surface area contributed by atoms with E-state index in [1.807, 2.05) is 0 Å². The Balaban J connectivity index is 2.33. The fourth-order valence-corrected chi connectivity index (χ4v) is 1.56. The molecule has 0 aromatic carbocycles. The predicted molar refractivity (Wildman–Crippen MR) is 42.6 cm³/mol. The molecule has 1 aliphatic carbocycles. The zero-order valence-corrected chi connectivity index (χ0v) is 7.15. The summed E-state index contributed by atoms with van der Waals surface area (Å²) in [6.07, 6.45) is 1.21. The fourth-order valence-electron chi connectivity index (χ4n) is 1.56. The van der Waals surface area contributed by atoms with Crippen LogP contribution in [0.15, 0.2) is 12.4 Å². The molecule has 1 aliphatic rings. The van der Waals surface area contributed by atoms with E-state index in [1.54, 1.807) is 0 Å². The average Bonchev–Trinajstić information content (AvgIpc) is 2.51. The van der Waals surface area contributed by atoms with Crippen LogP contribution in [0.4, 0.5) is 13.6 Å². The molecule has 1 atom stereocenters. The van der Waals surface area contributed by atoms with E-state index in [1.165, 1.54) is 12.4 Å². The number of halogens is 2. The van der Waals surface area contributed by atoms with Gasteiger partial charge in [-0.2, -0.15) is 0 Å². The van der Waals surface area contributed by atoms with Crippen LogP contribution in [-0.4, -0.2) is 26.7 Å². The van der Waals surface area contributed by atoms with Crippen molar-refractivity contribution in [3.05, 3.63) is 18.2 Å². The summed E-state index contributed by atoms with van der Waals surface area (Å²) in [5.41, 5.74) is 0. The summed E-state index contributed by atoms with van der Waals surface area (Å²) in [4.78, 5) is 14.3. The molecule has 0 spiro atoms. The Hall–Kier alpha value is -1.46. The van der Waals surface area contributed by atoms with Crippen LogP contribution in [0.3, 0.4) is 0 Å². The zero-order valence-electron chi connectivity index (χ0n) is 7.15. The van der Waals surface area contributed by atoms with Crippen molar-refractivity contribution in [2.24, 2.45) is 0 Å². The first kappa shape index (κ1) is 9.11. The van der Waals surface area contributed by atoms with E-state index in [4.69, 9.17) is 5.11 Å². The minimum atomic E-state index is -2.81. The van der Waals surface area contributed by atoms with Crippen LogP contribution in [0, 0.1) is 0 Å². The molecule has 1 fully saturated rings. The molecule has 1 N–H and O–H groups in total. The first-order chi connectivity index (χ1) is 6.52. The maximum Gasteiger partial charge on any atom is 0.417 e. The van der Waals surface area contributed by atoms with Crippen molar-refractivity contribution in [1.29, 1.82) is 0 Å². The van der Waals surface area contributed by atoms with E-state index in [9.17, 15) is 13.6 Å². The molecule has 0 bridgehead atoms. The molecular formula is C8H8F2N2O2. The summed E-state index contributed by atoms with van der Waals surface area (Å²) in [5, 5.41) is 8.67. The van der Waals surface area contributed by atoms with E-state index in [-0.39, 0.29) is 18.7 Å². The van der Waals surface area contributed by atoms with Crippen molar-refractivity contribution < 1.29 is 18.7 Å². The van der Waals surface area contributed by atoms with Gasteiger partial charge in [-0.05, 0) is 6.42 Å². The molecule has 1 aromatic heterocycles. The van der Waals surface area contributed by atoms with Crippen LogP contribution in [-0.2, 0) is 0 Å². The van der Waals surface area contributed by atoms with Gasteiger partial charge in [0.15, 0.2) is 0 Å². The Morgan fingerprint density at radius 3 is 2.86 bits per heavy atom. The number of rotatable bonds is 1. The summed E-state index contributed by atoms with van der Waals surface area (Å²) in [6.45, 7) is 0. The average molecular weight is 202 g/mol. The van der Waals surface area contributed by atoms with Crippen molar-refractivity contribution in [3.8, 4) is 0 Å². The lowest BCUT2D eigenvalue weighted by Crippen LogP contribution is -2.38. The van der Waals surface area contributed by atoms with E-state index in [0.717, 1.165) is 4.57 Å². The number of hydrogen-bond donors (Lipinski definition) is 1. The summed E-state index contributed by atoms with van der Waals surface area (Å²) in [6, 6.07) is 0. The molecule has 6 heteroatoms. The molecule has 2 rings (SSSR count). The smallest absolute Gasteiger partial charge is 0.417 e. The lowest BCUT2D eigenvalue weighted by molar-refractivity contribution is -0.0994. The molecule has 0 radical (unpaired) electrons. The van der Waals surface area contributed by atoms with Crippen molar-refractivity contribution in [1.82, 2.24) is 9.55 Å². The second kappa shape index (κ2) is 2.76. The number of aromatic nitrogens is 2. The van der Waals surface area contributed by atoms with Gasteiger partial charge in [-0.15, -0.1) is 0 Å². The topological polar surface area (TPSA) is 55.1 Å². The number of hydrogen-bond acceptors (Lipinski definition) is 2. The maximum atomic E-state index is 13.0. The van der Waals surface area contributed by atoms with E-state index >= 15 is 0 Å². The van der Waals surface area contributed by atoms with Crippen LogP contribution in [0.5, 0.6) is 0 Å². The Labute approximate surface area is 78.2 Å². The van der Waals surface area contributed by atoms with Gasteiger partial charge < -0.3 is 5.11 Å². The van der Waals surface area contributed by atoms with Crippen molar-refractivity contribution in [2.75, 3.05) is 0 Å². The van der Waals surface area contributed by atoms with E-state index in [0.29, 0.717) is 0 Å². The number of imidazole rings is 1. The number of carbonyl (C=O) groups is 1. The third kappa shape index (κ3) is 1.18. The monoisotopic (exact) mass is 202 g/mol. The SMILES string of the molecule is O=C(O)n1ccnc1C1CCC1(F)F. The highest BCUT2D eigenvalue weighted by molar-refractivity contribution is 5.68. The van der Waals surface area contributed by atoms with Crippen molar-refractivity contribution in [2.45, 2.75) is 24.7 Å². The van der Waals surface area contributed by atoms with E-state index in [2.05, 4.69) is 4.98 Å². The quantitative estimate of drug-likeness (QED) is 0.756. The fraction of sp³-hybridized carbons (Fsp3) is 0.500. The highest BCUT2D eigenvalue weighted by Crippen LogP contribution is 2.49. The minimum absolute atomic E-state index is 0.0613. The van der Waals surface area contributed by atoms with Gasteiger partial charge in [0.1, 0.15) is 5.82 Å². The molecule has 4 nitrogen and oxygen atoms in total. The second-order valence-corrected chi connectivity index (χ2v) is 3.29. The third-order valence-corrected chi connectivity index (χ3v) is 2.46. The lowest BCUT2D eigenvalue weighted by Gasteiger charge is -2.35. The number of carboxylic acid groups (broad SMARTS) is 1. The highest BCUT2D eigenvalue weighted by atomic mass is 19.3. The standard InChI is InChI=1S/C8H8F2N2O2/c9-8(10)2-1-5(8)6-11-3-4-12(6)7(13)14/h3-5H,1-2H2,(H,13,14). The Bertz CT molecular complexity index is 375. The largest absolute Gasteiger partial charge is 0.464 e. The third-order valence-electron chi connectivity index (χ3n) is 2.46. The summed E-state index contributed by atoms with van der Waals surface area (Å²) in [5.74, 6) is -3.92. The highest BCUT2D eigenvalue weighted by Gasteiger charge is 2.51. The predicted octanol–water partition coefficient (Wildman–Crippen LogP) is 1.92. The van der Waals surface area contributed by atoms with Crippen molar-refractivity contribution >= 4 is 6.09 Å². The van der Waals surface area contributed by atoms with Crippen LogP contribution < -0.4 is 0 Å². The molecule has 76 valence electrons. The first-order valence-corrected chi connectivity index (χ1v) is 4.17. The first-order valence-electron chi connectivity index (χ1n) is 4.17. The summed E-state index contributed by atoms with van der Waals surface area (Å²) in [7, 11) is 0. The lowest BCUT2D eigenvalue weighted by atomic mass is 9.80. The second-order valence-electron chi connectivity index (χ2n) is 3.29. The number of alkyl halides is 2. The molecule has 0 amide bonds. The summed E-state index contributed by atoms with van der Waals surface area (Å²) < 4.78 is 26.7. The normalized spacial score (nSPS) is 24.3. The van der Waals surface area contributed by atoms with Gasteiger partial charge in [0, 0.05) is 18.8 Å². The Morgan fingerprint density at radius 1 is 1.71 bits per heavy atom. The van der Waals surface area contributed by atoms with Crippen LogP contribution in [0.25, 0.3) is 0 Å². The maximum absolute atomic E-state index is 13.0. The zero-order chi connectivity index (χ0) is 10.3. The minimum Gasteiger partial charge on any atom is -0.464 e.